The lowest BCUT2D eigenvalue weighted by Gasteiger charge is -2.25. The Balaban J connectivity index is 2.77. The number of carbonyl (C=O) groups is 1. The molecule has 0 fully saturated rings. The highest BCUT2D eigenvalue weighted by Gasteiger charge is 2.23. The van der Waals surface area contributed by atoms with Crippen molar-refractivity contribution in [2.75, 3.05) is 19.5 Å². The van der Waals surface area contributed by atoms with Crippen LogP contribution in [0.1, 0.15) is 27.7 Å². The molecule has 0 aliphatic rings. The van der Waals surface area contributed by atoms with Gasteiger partial charge >= 0.3 is 6.41 Å². The van der Waals surface area contributed by atoms with Crippen molar-refractivity contribution in [3.63, 3.8) is 0 Å². The maximum absolute atomic E-state index is 11.0. The van der Waals surface area contributed by atoms with Gasteiger partial charge in [0.2, 0.25) is 0 Å². The van der Waals surface area contributed by atoms with Crippen LogP contribution < -0.4 is 0 Å². The highest BCUT2D eigenvalue weighted by molar-refractivity contribution is 7.99. The summed E-state index contributed by atoms with van der Waals surface area (Å²) < 4.78 is 2.27. The molecule has 0 saturated heterocycles. The van der Waals surface area contributed by atoms with Crippen LogP contribution in [0.25, 0.3) is 0 Å². The standard InChI is InChI=1S/C11H21N4OS/c1-6-15(5,8-16)9-17-10-12-7-13-14(10)11(2,3)4/h7-8H,6,9H2,1-5H3/q+1. The van der Waals surface area contributed by atoms with Crippen LogP contribution in [0.5, 0.6) is 0 Å². The number of nitrogens with zero attached hydrogens (tertiary/aromatic N) is 4. The van der Waals surface area contributed by atoms with Crippen LogP contribution in [0.3, 0.4) is 0 Å². The van der Waals surface area contributed by atoms with E-state index in [1.54, 1.807) is 18.1 Å². The van der Waals surface area contributed by atoms with E-state index in [-0.39, 0.29) is 5.54 Å². The maximum Gasteiger partial charge on any atom is 0.302 e. The zero-order valence-corrected chi connectivity index (χ0v) is 12.0. The van der Waals surface area contributed by atoms with Gasteiger partial charge in [0.05, 0.1) is 19.1 Å². The van der Waals surface area contributed by atoms with E-state index < -0.39 is 0 Å². The van der Waals surface area contributed by atoms with Gasteiger partial charge in [-0.15, -0.1) is 0 Å². The first kappa shape index (κ1) is 14.2. The molecular weight excluding hydrogens is 236 g/mol. The molecular formula is C11H21N4OS+. The van der Waals surface area contributed by atoms with Crippen molar-refractivity contribution < 1.29 is 9.28 Å². The van der Waals surface area contributed by atoms with Gasteiger partial charge in [-0.25, -0.2) is 14.5 Å². The number of rotatable bonds is 5. The fraction of sp³-hybridized carbons (Fsp3) is 0.727. The monoisotopic (exact) mass is 257 g/mol. The predicted octanol–water partition coefficient (Wildman–Crippen LogP) is 1.71. The van der Waals surface area contributed by atoms with Gasteiger partial charge in [0.15, 0.2) is 5.16 Å². The molecule has 1 aromatic heterocycles. The first-order valence-electron chi connectivity index (χ1n) is 5.66. The molecule has 1 aromatic rings. The molecule has 0 radical (unpaired) electrons. The van der Waals surface area contributed by atoms with Gasteiger partial charge in [-0.1, -0.05) is 0 Å². The van der Waals surface area contributed by atoms with E-state index in [0.29, 0.717) is 10.4 Å². The second-order valence-corrected chi connectivity index (χ2v) is 6.21. The summed E-state index contributed by atoms with van der Waals surface area (Å²) in [6.07, 6.45) is 2.54. The summed E-state index contributed by atoms with van der Waals surface area (Å²) in [5, 5.41) is 5.09. The SMILES string of the molecule is CC[N+](C)(C=O)CSc1ncnn1C(C)(C)C. The van der Waals surface area contributed by atoms with Gasteiger partial charge in [-0.3, -0.25) is 4.48 Å². The summed E-state index contributed by atoms with van der Waals surface area (Å²) in [6, 6.07) is 0. The molecule has 5 nitrogen and oxygen atoms in total. The normalized spacial score (nSPS) is 15.6. The van der Waals surface area contributed by atoms with Crippen LogP contribution in [-0.2, 0) is 10.3 Å². The van der Waals surface area contributed by atoms with E-state index in [0.717, 1.165) is 18.1 Å². The van der Waals surface area contributed by atoms with Crippen molar-refractivity contribution in [2.45, 2.75) is 38.4 Å². The van der Waals surface area contributed by atoms with E-state index >= 15 is 0 Å². The fourth-order valence-corrected chi connectivity index (χ4v) is 2.41. The molecule has 1 unspecified atom stereocenters. The van der Waals surface area contributed by atoms with E-state index in [1.165, 1.54) is 0 Å². The molecule has 6 heteroatoms. The predicted molar refractivity (Wildman–Crippen MR) is 68.5 cm³/mol. The Morgan fingerprint density at radius 3 is 2.65 bits per heavy atom. The first-order chi connectivity index (χ1) is 7.82. The molecule has 1 amide bonds. The van der Waals surface area contributed by atoms with Crippen molar-refractivity contribution >= 4 is 18.2 Å². The van der Waals surface area contributed by atoms with Gasteiger partial charge in [0.25, 0.3) is 0 Å². The number of hydrogen-bond acceptors (Lipinski definition) is 4. The second-order valence-electron chi connectivity index (χ2n) is 5.30. The van der Waals surface area contributed by atoms with Gasteiger partial charge in [0.1, 0.15) is 12.2 Å². The van der Waals surface area contributed by atoms with Crippen LogP contribution in [-0.4, -0.2) is 45.1 Å². The minimum atomic E-state index is -0.0877. The average molecular weight is 257 g/mol. The molecule has 1 rings (SSSR count). The molecule has 0 aliphatic heterocycles. The highest BCUT2D eigenvalue weighted by atomic mass is 32.2. The van der Waals surface area contributed by atoms with Crippen LogP contribution in [0.4, 0.5) is 0 Å². The lowest BCUT2D eigenvalue weighted by molar-refractivity contribution is -0.809. The summed E-state index contributed by atoms with van der Waals surface area (Å²) in [4.78, 5) is 15.3. The molecule has 1 atom stereocenters. The Bertz CT molecular complexity index is 385. The molecule has 0 spiro atoms. The summed E-state index contributed by atoms with van der Waals surface area (Å²) >= 11 is 1.57. The quantitative estimate of drug-likeness (QED) is 0.349. The van der Waals surface area contributed by atoms with Crippen molar-refractivity contribution in [3.05, 3.63) is 6.33 Å². The van der Waals surface area contributed by atoms with Crippen LogP contribution in [0.15, 0.2) is 11.5 Å². The van der Waals surface area contributed by atoms with Crippen LogP contribution in [0.2, 0.25) is 0 Å². The van der Waals surface area contributed by atoms with E-state index in [2.05, 4.69) is 30.9 Å². The lowest BCUT2D eigenvalue weighted by atomic mass is 10.1. The van der Waals surface area contributed by atoms with E-state index in [9.17, 15) is 4.79 Å². The topological polar surface area (TPSA) is 47.8 Å². The molecule has 17 heavy (non-hydrogen) atoms. The zero-order valence-electron chi connectivity index (χ0n) is 11.2. The molecule has 0 aromatic carbocycles. The van der Waals surface area contributed by atoms with Crippen LogP contribution >= 0.6 is 11.8 Å². The fourth-order valence-electron chi connectivity index (χ4n) is 1.19. The minimum Gasteiger partial charge on any atom is -0.257 e. The summed E-state index contributed by atoms with van der Waals surface area (Å²) in [5.74, 6) is 0.675. The Labute approximate surface area is 107 Å². The molecule has 0 N–H and O–H groups in total. The van der Waals surface area contributed by atoms with Gasteiger partial charge in [-0.05, 0) is 39.5 Å². The molecule has 0 saturated carbocycles. The molecule has 96 valence electrons. The number of hydrogen-bond donors (Lipinski definition) is 0. The Morgan fingerprint density at radius 1 is 1.53 bits per heavy atom. The second kappa shape index (κ2) is 5.18. The van der Waals surface area contributed by atoms with Crippen molar-refractivity contribution in [1.29, 1.82) is 0 Å². The number of carbonyl (C=O) groups excluding carboxylic acids is 1. The Hall–Kier alpha value is -0.880. The average Bonchev–Trinajstić information content (AvgIpc) is 2.74. The third-order valence-corrected chi connectivity index (χ3v) is 3.87. The zero-order chi connectivity index (χ0) is 13.1. The first-order valence-corrected chi connectivity index (χ1v) is 6.65. The van der Waals surface area contributed by atoms with Crippen LogP contribution in [0, 0.1) is 0 Å². The summed E-state index contributed by atoms with van der Waals surface area (Å²) in [7, 11) is 1.91. The molecule has 1 heterocycles. The van der Waals surface area contributed by atoms with Crippen molar-refractivity contribution in [1.82, 2.24) is 14.8 Å². The minimum absolute atomic E-state index is 0.0877. The maximum atomic E-state index is 11.0. The van der Waals surface area contributed by atoms with E-state index in [1.807, 2.05) is 18.7 Å². The largest absolute Gasteiger partial charge is 0.302 e. The van der Waals surface area contributed by atoms with Crippen molar-refractivity contribution in [2.24, 2.45) is 0 Å². The summed E-state index contributed by atoms with van der Waals surface area (Å²) in [5.41, 5.74) is -0.0877. The van der Waals surface area contributed by atoms with Gasteiger partial charge in [-0.2, -0.15) is 5.10 Å². The lowest BCUT2D eigenvalue weighted by Crippen LogP contribution is -2.42. The third kappa shape index (κ3) is 3.54. The van der Waals surface area contributed by atoms with E-state index in [4.69, 9.17) is 0 Å². The number of aromatic nitrogens is 3. The summed E-state index contributed by atoms with van der Waals surface area (Å²) in [6.45, 7) is 9.03. The third-order valence-electron chi connectivity index (χ3n) is 2.62. The smallest absolute Gasteiger partial charge is 0.257 e. The van der Waals surface area contributed by atoms with Crippen molar-refractivity contribution in [3.8, 4) is 0 Å². The Kier molecular flexibility index (Phi) is 4.32. The number of thioether (sulfide) groups is 1. The molecule has 0 bridgehead atoms. The Morgan fingerprint density at radius 2 is 2.18 bits per heavy atom. The van der Waals surface area contributed by atoms with Gasteiger partial charge in [0, 0.05) is 0 Å². The molecule has 0 aliphatic carbocycles. The van der Waals surface area contributed by atoms with Gasteiger partial charge < -0.3 is 0 Å². The highest BCUT2D eigenvalue weighted by Crippen LogP contribution is 2.23. The number of quaternary nitrogens is 1. The number of amides is 1.